The van der Waals surface area contributed by atoms with Gasteiger partial charge in [0.05, 0.1) is 18.8 Å². The molecule has 0 aliphatic carbocycles. The van der Waals surface area contributed by atoms with E-state index in [9.17, 15) is 14.0 Å². The van der Waals surface area contributed by atoms with Crippen LogP contribution in [0, 0.1) is 5.82 Å². The molecule has 0 fully saturated rings. The van der Waals surface area contributed by atoms with Gasteiger partial charge in [-0.05, 0) is 61.4 Å². The number of ether oxygens (including phenoxy) is 2. The summed E-state index contributed by atoms with van der Waals surface area (Å²) in [5.74, 6) is -1.02. The van der Waals surface area contributed by atoms with Gasteiger partial charge in [0.15, 0.2) is 0 Å². The minimum atomic E-state index is -0.962. The number of rotatable bonds is 8. The van der Waals surface area contributed by atoms with E-state index in [2.05, 4.69) is 6.58 Å². The quantitative estimate of drug-likeness (QED) is 0.316. The summed E-state index contributed by atoms with van der Waals surface area (Å²) < 4.78 is 22.3. The molecule has 2 aromatic carbocycles. The average Bonchev–Trinajstić information content (AvgIpc) is 2.67. The number of carboxylic acids is 1. The monoisotopic (exact) mass is 375 g/mol. The van der Waals surface area contributed by atoms with Crippen molar-refractivity contribution < 1.29 is 28.6 Å². The molecule has 27 heavy (non-hydrogen) atoms. The van der Waals surface area contributed by atoms with Gasteiger partial charge in [-0.3, -0.25) is 0 Å². The molecule has 6 nitrogen and oxygen atoms in total. The second-order valence-corrected chi connectivity index (χ2v) is 5.31. The summed E-state index contributed by atoms with van der Waals surface area (Å²) in [6.45, 7) is 4.12. The predicted molar refractivity (Wildman–Crippen MR) is 100 cm³/mol. The number of benzene rings is 2. The summed E-state index contributed by atoms with van der Waals surface area (Å²) in [4.78, 5) is 21.4. The molecule has 144 valence electrons. The fraction of sp³-hybridized carbons (Fsp3) is 0.200. The maximum Gasteiger partial charge on any atom is 0.335 e. The number of unbranched alkanes of at least 4 members (excludes halogenated alkanes) is 1. The Morgan fingerprint density at radius 3 is 2.15 bits per heavy atom. The molecule has 0 amide bonds. The summed E-state index contributed by atoms with van der Waals surface area (Å²) in [7, 11) is 0. The Hall–Kier alpha value is -3.35. The van der Waals surface area contributed by atoms with Crippen LogP contribution in [0.4, 0.5) is 10.1 Å². The number of nitrogens with two attached hydrogens (primary N) is 1. The van der Waals surface area contributed by atoms with Gasteiger partial charge in [0.1, 0.15) is 11.6 Å². The highest BCUT2D eigenvalue weighted by Crippen LogP contribution is 2.12. The lowest BCUT2D eigenvalue weighted by Crippen LogP contribution is -2.04. The molecular weight excluding hydrogens is 353 g/mol. The van der Waals surface area contributed by atoms with E-state index in [4.69, 9.17) is 20.3 Å². The SMILES string of the molecule is C=CC(=O)OCCCCOc1ccc(C(=O)O)cc1.Nc1ccc(F)cc1. The Morgan fingerprint density at radius 2 is 1.63 bits per heavy atom. The molecule has 0 saturated carbocycles. The van der Waals surface area contributed by atoms with E-state index in [0.29, 0.717) is 31.1 Å². The van der Waals surface area contributed by atoms with Gasteiger partial charge in [-0.2, -0.15) is 0 Å². The zero-order valence-electron chi connectivity index (χ0n) is 14.8. The maximum atomic E-state index is 12.0. The topological polar surface area (TPSA) is 98.8 Å². The largest absolute Gasteiger partial charge is 0.494 e. The highest BCUT2D eigenvalue weighted by molar-refractivity contribution is 5.87. The molecule has 0 aliphatic heterocycles. The minimum Gasteiger partial charge on any atom is -0.494 e. The highest BCUT2D eigenvalue weighted by atomic mass is 19.1. The molecular formula is C20H22FNO5. The van der Waals surface area contributed by atoms with Gasteiger partial charge in [0, 0.05) is 11.8 Å². The second-order valence-electron chi connectivity index (χ2n) is 5.31. The van der Waals surface area contributed by atoms with Gasteiger partial charge in [0.25, 0.3) is 0 Å². The summed E-state index contributed by atoms with van der Waals surface area (Å²) in [6.07, 6.45) is 2.57. The van der Waals surface area contributed by atoms with E-state index < -0.39 is 11.9 Å². The van der Waals surface area contributed by atoms with Crippen molar-refractivity contribution in [1.82, 2.24) is 0 Å². The average molecular weight is 375 g/mol. The van der Waals surface area contributed by atoms with E-state index in [1.54, 1.807) is 12.1 Å². The van der Waals surface area contributed by atoms with Crippen molar-refractivity contribution in [2.75, 3.05) is 18.9 Å². The zero-order valence-corrected chi connectivity index (χ0v) is 14.8. The molecule has 2 aromatic rings. The number of carboxylic acid groups (broad SMARTS) is 1. The lowest BCUT2D eigenvalue weighted by Gasteiger charge is -2.06. The number of halogens is 1. The molecule has 0 heterocycles. The molecule has 0 aromatic heterocycles. The van der Waals surface area contributed by atoms with Gasteiger partial charge >= 0.3 is 11.9 Å². The van der Waals surface area contributed by atoms with Crippen LogP contribution in [-0.4, -0.2) is 30.3 Å². The lowest BCUT2D eigenvalue weighted by molar-refractivity contribution is -0.137. The van der Waals surface area contributed by atoms with E-state index in [1.807, 2.05) is 0 Å². The molecule has 0 radical (unpaired) electrons. The van der Waals surface area contributed by atoms with Crippen LogP contribution in [0.25, 0.3) is 0 Å². The Balaban J connectivity index is 0.000000377. The third-order valence-corrected chi connectivity index (χ3v) is 3.19. The molecule has 0 spiro atoms. The zero-order chi connectivity index (χ0) is 20.1. The number of hydrogen-bond acceptors (Lipinski definition) is 5. The molecule has 0 atom stereocenters. The summed E-state index contributed by atoms with van der Waals surface area (Å²) in [5, 5.41) is 8.72. The number of carbonyl (C=O) groups is 2. The molecule has 7 heteroatoms. The molecule has 0 saturated heterocycles. The van der Waals surface area contributed by atoms with Gasteiger partial charge in [0.2, 0.25) is 0 Å². The van der Waals surface area contributed by atoms with Crippen molar-refractivity contribution >= 4 is 17.6 Å². The number of nitrogen functional groups attached to an aromatic ring is 1. The highest BCUT2D eigenvalue weighted by Gasteiger charge is 2.02. The van der Waals surface area contributed by atoms with Crippen LogP contribution in [0.15, 0.2) is 61.2 Å². The van der Waals surface area contributed by atoms with Crippen LogP contribution < -0.4 is 10.5 Å². The van der Waals surface area contributed by atoms with Crippen molar-refractivity contribution in [2.45, 2.75) is 12.8 Å². The van der Waals surface area contributed by atoms with Crippen LogP contribution in [0.1, 0.15) is 23.2 Å². The van der Waals surface area contributed by atoms with Crippen LogP contribution in [0.5, 0.6) is 5.75 Å². The van der Waals surface area contributed by atoms with Crippen molar-refractivity contribution in [3.8, 4) is 5.75 Å². The Bertz CT molecular complexity index is 708. The van der Waals surface area contributed by atoms with Crippen molar-refractivity contribution in [1.29, 1.82) is 0 Å². The molecule has 2 rings (SSSR count). The minimum absolute atomic E-state index is 0.226. The van der Waals surface area contributed by atoms with Crippen molar-refractivity contribution in [2.24, 2.45) is 0 Å². The normalized spacial score (nSPS) is 9.52. The van der Waals surface area contributed by atoms with Crippen LogP contribution in [-0.2, 0) is 9.53 Å². The second kappa shape index (κ2) is 12.1. The lowest BCUT2D eigenvalue weighted by atomic mass is 10.2. The third-order valence-electron chi connectivity index (χ3n) is 3.19. The van der Waals surface area contributed by atoms with Crippen LogP contribution in [0.2, 0.25) is 0 Å². The smallest absolute Gasteiger partial charge is 0.335 e. The van der Waals surface area contributed by atoms with Gasteiger partial charge in [-0.15, -0.1) is 0 Å². The number of hydrogen-bond donors (Lipinski definition) is 2. The van der Waals surface area contributed by atoms with E-state index in [-0.39, 0.29) is 11.4 Å². The van der Waals surface area contributed by atoms with E-state index >= 15 is 0 Å². The Kier molecular flexibility index (Phi) is 9.70. The van der Waals surface area contributed by atoms with E-state index in [0.717, 1.165) is 12.5 Å². The summed E-state index contributed by atoms with van der Waals surface area (Å²) >= 11 is 0. The first-order valence-electron chi connectivity index (χ1n) is 8.18. The van der Waals surface area contributed by atoms with Crippen molar-refractivity contribution in [3.05, 3.63) is 72.6 Å². The molecule has 3 N–H and O–H groups in total. The van der Waals surface area contributed by atoms with Gasteiger partial charge in [-0.1, -0.05) is 6.58 Å². The standard InChI is InChI=1S/C14H16O5.C6H6FN/c1-2-13(15)19-10-4-3-9-18-12-7-5-11(6-8-12)14(16)17;7-5-1-3-6(8)4-2-5/h2,5-8H,1,3-4,9-10H2,(H,16,17);1-4H,8H2. The summed E-state index contributed by atoms with van der Waals surface area (Å²) in [6, 6.07) is 11.9. The van der Waals surface area contributed by atoms with Gasteiger partial charge in [-0.25, -0.2) is 14.0 Å². The molecule has 0 unspecified atom stereocenters. The summed E-state index contributed by atoms with van der Waals surface area (Å²) in [5.41, 5.74) is 6.07. The Labute approximate surface area is 157 Å². The number of carbonyl (C=O) groups excluding carboxylic acids is 1. The first kappa shape index (κ1) is 21.7. The fourth-order valence-electron chi connectivity index (χ4n) is 1.78. The maximum absolute atomic E-state index is 12.0. The fourth-order valence-corrected chi connectivity index (χ4v) is 1.78. The van der Waals surface area contributed by atoms with Gasteiger partial charge < -0.3 is 20.3 Å². The van der Waals surface area contributed by atoms with E-state index in [1.165, 1.54) is 36.4 Å². The van der Waals surface area contributed by atoms with Crippen LogP contribution in [0.3, 0.4) is 0 Å². The third kappa shape index (κ3) is 9.64. The first-order chi connectivity index (χ1) is 12.9. The van der Waals surface area contributed by atoms with Crippen molar-refractivity contribution in [3.63, 3.8) is 0 Å². The first-order valence-corrected chi connectivity index (χ1v) is 8.18. The molecule has 0 aliphatic rings. The number of anilines is 1. The predicted octanol–water partition coefficient (Wildman–Crippen LogP) is 3.68. The van der Waals surface area contributed by atoms with Crippen LogP contribution >= 0.6 is 0 Å². The Morgan fingerprint density at radius 1 is 1.04 bits per heavy atom. The number of esters is 1. The number of aromatic carboxylic acids is 1. The molecule has 0 bridgehead atoms.